The number of rotatable bonds is 6. The quantitative estimate of drug-likeness (QED) is 0.838. The van der Waals surface area contributed by atoms with Crippen molar-refractivity contribution in [1.29, 1.82) is 0 Å². The molecule has 1 aromatic heterocycles. The standard InChI is InChI=1S/C14H26N4/c1-3-7-18-11-16-9-13(18)10-17(2)14-6-4-5-12(14)8-15/h9,11-12,14H,3-8,10,15H2,1-2H3. The fraction of sp³-hybridized carbons (Fsp3) is 0.786. The molecule has 1 aromatic rings. The zero-order valence-corrected chi connectivity index (χ0v) is 11.7. The van der Waals surface area contributed by atoms with Gasteiger partial charge in [-0.15, -0.1) is 0 Å². The summed E-state index contributed by atoms with van der Waals surface area (Å²) in [5.74, 6) is 0.678. The highest BCUT2D eigenvalue weighted by atomic mass is 15.2. The predicted molar refractivity (Wildman–Crippen MR) is 74.2 cm³/mol. The molecule has 1 aliphatic rings. The topological polar surface area (TPSA) is 47.1 Å². The summed E-state index contributed by atoms with van der Waals surface area (Å²) < 4.78 is 2.27. The lowest BCUT2D eigenvalue weighted by atomic mass is 10.0. The van der Waals surface area contributed by atoms with E-state index in [1.54, 1.807) is 0 Å². The molecule has 4 nitrogen and oxygen atoms in total. The van der Waals surface area contributed by atoms with Crippen molar-refractivity contribution < 1.29 is 0 Å². The van der Waals surface area contributed by atoms with E-state index in [2.05, 4.69) is 28.4 Å². The van der Waals surface area contributed by atoms with Gasteiger partial charge in [-0.25, -0.2) is 4.98 Å². The van der Waals surface area contributed by atoms with E-state index in [0.717, 1.165) is 26.1 Å². The van der Waals surface area contributed by atoms with Crippen molar-refractivity contribution >= 4 is 0 Å². The first-order valence-electron chi connectivity index (χ1n) is 7.15. The highest BCUT2D eigenvalue weighted by Crippen LogP contribution is 2.29. The molecule has 2 atom stereocenters. The Morgan fingerprint density at radius 3 is 3.06 bits per heavy atom. The summed E-state index contributed by atoms with van der Waals surface area (Å²) >= 11 is 0. The largest absolute Gasteiger partial charge is 0.333 e. The SMILES string of the molecule is CCCn1cncc1CN(C)C1CCCC1CN. The third-order valence-corrected chi connectivity index (χ3v) is 4.16. The fourth-order valence-corrected chi connectivity index (χ4v) is 3.17. The average Bonchev–Trinajstić information content (AvgIpc) is 2.98. The highest BCUT2D eigenvalue weighted by molar-refractivity contribution is 4.99. The molecule has 0 saturated heterocycles. The van der Waals surface area contributed by atoms with Gasteiger partial charge in [-0.1, -0.05) is 13.3 Å². The second-order valence-corrected chi connectivity index (χ2v) is 5.49. The Hall–Kier alpha value is -0.870. The predicted octanol–water partition coefficient (Wildman–Crippen LogP) is 1.85. The van der Waals surface area contributed by atoms with Crippen molar-refractivity contribution in [2.24, 2.45) is 11.7 Å². The first kappa shape index (κ1) is 13.6. The van der Waals surface area contributed by atoms with Crippen LogP contribution in [0.25, 0.3) is 0 Å². The molecule has 0 radical (unpaired) electrons. The molecule has 0 bridgehead atoms. The molecule has 2 rings (SSSR count). The molecule has 1 aliphatic carbocycles. The second-order valence-electron chi connectivity index (χ2n) is 5.49. The van der Waals surface area contributed by atoms with Gasteiger partial charge >= 0.3 is 0 Å². The van der Waals surface area contributed by atoms with E-state index in [-0.39, 0.29) is 0 Å². The Morgan fingerprint density at radius 1 is 1.50 bits per heavy atom. The van der Waals surface area contributed by atoms with Crippen molar-refractivity contribution in [2.45, 2.75) is 51.7 Å². The lowest BCUT2D eigenvalue weighted by Gasteiger charge is -2.29. The molecular weight excluding hydrogens is 224 g/mol. The maximum absolute atomic E-state index is 5.87. The minimum Gasteiger partial charge on any atom is -0.333 e. The Labute approximate surface area is 110 Å². The van der Waals surface area contributed by atoms with Crippen molar-refractivity contribution in [2.75, 3.05) is 13.6 Å². The van der Waals surface area contributed by atoms with Gasteiger partial charge in [0.2, 0.25) is 0 Å². The first-order valence-corrected chi connectivity index (χ1v) is 7.15. The Bertz CT molecular complexity index is 360. The molecule has 4 heteroatoms. The summed E-state index contributed by atoms with van der Waals surface area (Å²) in [7, 11) is 2.22. The van der Waals surface area contributed by atoms with Gasteiger partial charge < -0.3 is 10.3 Å². The van der Waals surface area contributed by atoms with Crippen molar-refractivity contribution in [3.8, 4) is 0 Å². The van der Waals surface area contributed by atoms with E-state index in [1.807, 2.05) is 12.5 Å². The lowest BCUT2D eigenvalue weighted by Crippen LogP contribution is -2.37. The summed E-state index contributed by atoms with van der Waals surface area (Å²) in [5, 5.41) is 0. The molecule has 1 saturated carbocycles. The summed E-state index contributed by atoms with van der Waals surface area (Å²) in [5.41, 5.74) is 7.19. The lowest BCUT2D eigenvalue weighted by molar-refractivity contribution is 0.188. The normalized spacial score (nSPS) is 24.0. The van der Waals surface area contributed by atoms with Crippen molar-refractivity contribution in [3.63, 3.8) is 0 Å². The van der Waals surface area contributed by atoms with Gasteiger partial charge in [0.1, 0.15) is 0 Å². The molecule has 1 heterocycles. The van der Waals surface area contributed by atoms with Gasteiger partial charge in [0.15, 0.2) is 0 Å². The molecule has 1 fully saturated rings. The van der Waals surface area contributed by atoms with Crippen molar-refractivity contribution in [1.82, 2.24) is 14.5 Å². The van der Waals surface area contributed by atoms with Gasteiger partial charge in [-0.05, 0) is 38.8 Å². The van der Waals surface area contributed by atoms with E-state index in [9.17, 15) is 0 Å². The molecule has 0 spiro atoms. The summed E-state index contributed by atoms with van der Waals surface area (Å²) in [6.45, 7) is 5.08. The number of hydrogen-bond donors (Lipinski definition) is 1. The van der Waals surface area contributed by atoms with Crippen LogP contribution in [-0.2, 0) is 13.1 Å². The zero-order chi connectivity index (χ0) is 13.0. The van der Waals surface area contributed by atoms with Crippen LogP contribution in [0.2, 0.25) is 0 Å². The van der Waals surface area contributed by atoms with E-state index in [0.29, 0.717) is 12.0 Å². The van der Waals surface area contributed by atoms with Crippen LogP contribution in [0.5, 0.6) is 0 Å². The summed E-state index contributed by atoms with van der Waals surface area (Å²) in [6, 6.07) is 0.653. The van der Waals surface area contributed by atoms with Gasteiger partial charge in [-0.3, -0.25) is 4.90 Å². The maximum Gasteiger partial charge on any atom is 0.0948 e. The van der Waals surface area contributed by atoms with E-state index < -0.39 is 0 Å². The number of nitrogens with zero attached hydrogens (tertiary/aromatic N) is 3. The van der Waals surface area contributed by atoms with Crippen molar-refractivity contribution in [3.05, 3.63) is 18.2 Å². The molecule has 0 aromatic carbocycles. The second kappa shape index (κ2) is 6.34. The van der Waals surface area contributed by atoms with Crippen LogP contribution in [0.15, 0.2) is 12.5 Å². The third-order valence-electron chi connectivity index (χ3n) is 4.16. The fourth-order valence-electron chi connectivity index (χ4n) is 3.17. The molecule has 102 valence electrons. The van der Waals surface area contributed by atoms with Crippen LogP contribution in [0, 0.1) is 5.92 Å². The summed E-state index contributed by atoms with van der Waals surface area (Å²) in [4.78, 5) is 6.74. The monoisotopic (exact) mass is 250 g/mol. The van der Waals surface area contributed by atoms with Crippen LogP contribution in [-0.4, -0.2) is 34.1 Å². The zero-order valence-electron chi connectivity index (χ0n) is 11.7. The minimum absolute atomic E-state index is 0.653. The van der Waals surface area contributed by atoms with E-state index in [1.165, 1.54) is 25.0 Å². The average molecular weight is 250 g/mol. The van der Waals surface area contributed by atoms with Gasteiger partial charge in [0.25, 0.3) is 0 Å². The number of imidazole rings is 1. The Morgan fingerprint density at radius 2 is 2.33 bits per heavy atom. The van der Waals surface area contributed by atoms with Crippen LogP contribution in [0.4, 0.5) is 0 Å². The van der Waals surface area contributed by atoms with Gasteiger partial charge in [0.05, 0.1) is 12.0 Å². The maximum atomic E-state index is 5.87. The van der Waals surface area contributed by atoms with Crippen LogP contribution >= 0.6 is 0 Å². The van der Waals surface area contributed by atoms with E-state index >= 15 is 0 Å². The van der Waals surface area contributed by atoms with Crippen LogP contribution in [0.3, 0.4) is 0 Å². The van der Waals surface area contributed by atoms with Gasteiger partial charge in [-0.2, -0.15) is 0 Å². The van der Waals surface area contributed by atoms with Crippen LogP contribution in [0.1, 0.15) is 38.3 Å². The smallest absolute Gasteiger partial charge is 0.0948 e. The Kier molecular flexibility index (Phi) is 4.78. The number of aromatic nitrogens is 2. The Balaban J connectivity index is 1.97. The molecule has 0 aliphatic heterocycles. The molecule has 2 unspecified atom stereocenters. The third kappa shape index (κ3) is 2.93. The molecule has 18 heavy (non-hydrogen) atoms. The summed E-state index contributed by atoms with van der Waals surface area (Å²) in [6.07, 6.45) is 9.01. The molecule has 2 N–H and O–H groups in total. The number of aryl methyl sites for hydroxylation is 1. The van der Waals surface area contributed by atoms with E-state index in [4.69, 9.17) is 5.73 Å². The minimum atomic E-state index is 0.653. The first-order chi connectivity index (χ1) is 8.76. The van der Waals surface area contributed by atoms with Gasteiger partial charge in [0, 0.05) is 25.3 Å². The molecule has 0 amide bonds. The highest BCUT2D eigenvalue weighted by Gasteiger charge is 2.29. The molecular formula is C14H26N4. The number of hydrogen-bond acceptors (Lipinski definition) is 3. The number of nitrogens with two attached hydrogens (primary N) is 1. The van der Waals surface area contributed by atoms with Crippen LogP contribution < -0.4 is 5.73 Å².